The van der Waals surface area contributed by atoms with Gasteiger partial charge in [0.1, 0.15) is 0 Å². The molecular formula is C13H11NO3. The van der Waals surface area contributed by atoms with Crippen LogP contribution < -0.4 is 0 Å². The number of allylic oxidation sites excluding steroid dienone is 1. The number of ether oxygens (including phenoxy) is 1. The highest BCUT2D eigenvalue weighted by Gasteiger charge is 2.24. The highest BCUT2D eigenvalue weighted by atomic mass is 16.5. The Morgan fingerprint density at radius 1 is 1.35 bits per heavy atom. The second-order valence-electron chi connectivity index (χ2n) is 3.23. The van der Waals surface area contributed by atoms with Crippen molar-refractivity contribution in [1.82, 2.24) is 0 Å². The molecule has 0 aliphatic heterocycles. The molecule has 0 N–H and O–H groups in total. The number of rotatable bonds is 4. The monoisotopic (exact) mass is 229 g/mol. The van der Waals surface area contributed by atoms with E-state index >= 15 is 0 Å². The maximum atomic E-state index is 11.5. The molecule has 1 aromatic rings. The first-order valence-corrected chi connectivity index (χ1v) is 4.93. The Morgan fingerprint density at radius 2 is 2.00 bits per heavy atom. The van der Waals surface area contributed by atoms with Gasteiger partial charge in [0.25, 0.3) is 0 Å². The summed E-state index contributed by atoms with van der Waals surface area (Å²) in [5, 5.41) is 8.69. The number of hydrogen-bond donors (Lipinski definition) is 0. The van der Waals surface area contributed by atoms with Crippen LogP contribution in [-0.4, -0.2) is 18.9 Å². The number of hydrogen-bond acceptors (Lipinski definition) is 4. The number of nitriles is 1. The first-order valence-electron chi connectivity index (χ1n) is 4.93. The number of nitrogens with zero attached hydrogens (tertiary/aromatic N) is 1. The predicted octanol–water partition coefficient (Wildman–Crippen LogP) is 1.58. The lowest BCUT2D eigenvalue weighted by Crippen LogP contribution is -2.22. The van der Waals surface area contributed by atoms with E-state index in [4.69, 9.17) is 5.26 Å². The molecule has 0 amide bonds. The Kier molecular flexibility index (Phi) is 4.64. The summed E-state index contributed by atoms with van der Waals surface area (Å²) in [6.07, 6.45) is 2.76. The number of ketones is 1. The van der Waals surface area contributed by atoms with Gasteiger partial charge in [-0.05, 0) is 11.6 Å². The van der Waals surface area contributed by atoms with Gasteiger partial charge in [0.05, 0.1) is 13.2 Å². The lowest BCUT2D eigenvalue weighted by molar-refractivity contribution is -0.145. The average Bonchev–Trinajstić information content (AvgIpc) is 2.38. The summed E-state index contributed by atoms with van der Waals surface area (Å²) >= 11 is 0. The van der Waals surface area contributed by atoms with E-state index in [1.54, 1.807) is 12.1 Å². The molecule has 0 fully saturated rings. The van der Waals surface area contributed by atoms with E-state index in [9.17, 15) is 9.59 Å². The van der Waals surface area contributed by atoms with E-state index < -0.39 is 17.7 Å². The lowest BCUT2D eigenvalue weighted by Gasteiger charge is -2.01. The highest BCUT2D eigenvalue weighted by Crippen LogP contribution is 2.05. The molecule has 0 heterocycles. The smallest absolute Gasteiger partial charge is 0.331 e. The Morgan fingerprint density at radius 3 is 2.53 bits per heavy atom. The van der Waals surface area contributed by atoms with Crippen LogP contribution in [0.1, 0.15) is 5.56 Å². The summed E-state index contributed by atoms with van der Waals surface area (Å²) in [5.41, 5.74) is 0.822. The van der Waals surface area contributed by atoms with Gasteiger partial charge in [-0.2, -0.15) is 5.26 Å². The summed E-state index contributed by atoms with van der Waals surface area (Å²) < 4.78 is 4.36. The Balaban J connectivity index is 2.75. The van der Waals surface area contributed by atoms with Gasteiger partial charge < -0.3 is 4.74 Å². The molecule has 0 aliphatic rings. The van der Waals surface area contributed by atoms with Crippen LogP contribution in [0.25, 0.3) is 6.08 Å². The number of carbonyl (C=O) groups excluding carboxylic acids is 2. The van der Waals surface area contributed by atoms with Crippen molar-refractivity contribution in [2.24, 2.45) is 5.92 Å². The standard InChI is InChI=1S/C13H11NO3/c1-17-13(16)11(9-14)12(15)8-7-10-5-3-2-4-6-10/h2-8,11H,1H3. The van der Waals surface area contributed by atoms with Crippen LogP contribution >= 0.6 is 0 Å². The lowest BCUT2D eigenvalue weighted by atomic mass is 10.1. The van der Waals surface area contributed by atoms with Gasteiger partial charge in [-0.3, -0.25) is 9.59 Å². The van der Waals surface area contributed by atoms with Crippen molar-refractivity contribution in [2.45, 2.75) is 0 Å². The number of benzene rings is 1. The molecule has 1 aromatic carbocycles. The Hall–Kier alpha value is -2.41. The van der Waals surface area contributed by atoms with Crippen LogP contribution in [0.3, 0.4) is 0 Å². The second kappa shape index (κ2) is 6.23. The molecule has 0 radical (unpaired) electrons. The number of carbonyl (C=O) groups is 2. The van der Waals surface area contributed by atoms with Gasteiger partial charge in [0.15, 0.2) is 5.78 Å². The summed E-state index contributed by atoms with van der Waals surface area (Å²) in [4.78, 5) is 22.6. The largest absolute Gasteiger partial charge is 0.468 e. The van der Waals surface area contributed by atoms with Gasteiger partial charge in [0.2, 0.25) is 5.92 Å². The van der Waals surface area contributed by atoms with Gasteiger partial charge in [0, 0.05) is 0 Å². The molecule has 1 rings (SSSR count). The molecule has 1 unspecified atom stereocenters. The minimum atomic E-state index is -1.39. The van der Waals surface area contributed by atoms with Crippen LogP contribution in [0.2, 0.25) is 0 Å². The van der Waals surface area contributed by atoms with Crippen molar-refractivity contribution < 1.29 is 14.3 Å². The van der Waals surface area contributed by atoms with E-state index in [2.05, 4.69) is 4.74 Å². The van der Waals surface area contributed by atoms with Crippen molar-refractivity contribution in [3.63, 3.8) is 0 Å². The Bertz CT molecular complexity index is 471. The van der Waals surface area contributed by atoms with Crippen molar-refractivity contribution >= 4 is 17.8 Å². The van der Waals surface area contributed by atoms with Crippen molar-refractivity contribution in [1.29, 1.82) is 5.26 Å². The molecule has 86 valence electrons. The van der Waals surface area contributed by atoms with Crippen LogP contribution in [0, 0.1) is 17.2 Å². The maximum Gasteiger partial charge on any atom is 0.331 e. The fourth-order valence-corrected chi connectivity index (χ4v) is 1.19. The van der Waals surface area contributed by atoms with Gasteiger partial charge in [-0.25, -0.2) is 0 Å². The van der Waals surface area contributed by atoms with Gasteiger partial charge in [-0.1, -0.05) is 36.4 Å². The third-order valence-corrected chi connectivity index (χ3v) is 2.09. The van der Waals surface area contributed by atoms with Crippen LogP contribution in [0.5, 0.6) is 0 Å². The first-order chi connectivity index (χ1) is 8.19. The average molecular weight is 229 g/mol. The quantitative estimate of drug-likeness (QED) is 0.446. The van der Waals surface area contributed by atoms with Crippen molar-refractivity contribution in [3.05, 3.63) is 42.0 Å². The highest BCUT2D eigenvalue weighted by molar-refractivity contribution is 6.08. The van der Waals surface area contributed by atoms with E-state index in [1.807, 2.05) is 30.3 Å². The number of methoxy groups -OCH3 is 1. The zero-order valence-electron chi connectivity index (χ0n) is 9.29. The molecule has 0 spiro atoms. The van der Waals surface area contributed by atoms with E-state index in [1.165, 1.54) is 6.08 Å². The van der Waals surface area contributed by atoms with Gasteiger partial charge >= 0.3 is 5.97 Å². The second-order valence-corrected chi connectivity index (χ2v) is 3.23. The summed E-state index contributed by atoms with van der Waals surface area (Å²) in [5.74, 6) is -2.81. The molecule has 0 bridgehead atoms. The first kappa shape index (κ1) is 12.7. The van der Waals surface area contributed by atoms with Crippen molar-refractivity contribution in [2.75, 3.05) is 7.11 Å². The minimum absolute atomic E-state index is 0.580. The molecule has 0 saturated carbocycles. The van der Waals surface area contributed by atoms with Crippen molar-refractivity contribution in [3.8, 4) is 6.07 Å². The minimum Gasteiger partial charge on any atom is -0.468 e. The molecule has 0 aromatic heterocycles. The van der Waals surface area contributed by atoms with Crippen LogP contribution in [-0.2, 0) is 14.3 Å². The fraction of sp³-hybridized carbons (Fsp3) is 0.154. The molecular weight excluding hydrogens is 218 g/mol. The zero-order chi connectivity index (χ0) is 12.7. The molecule has 1 atom stereocenters. The van der Waals surface area contributed by atoms with E-state index in [0.29, 0.717) is 0 Å². The van der Waals surface area contributed by atoms with Crippen LogP contribution in [0.4, 0.5) is 0 Å². The van der Waals surface area contributed by atoms with Gasteiger partial charge in [-0.15, -0.1) is 0 Å². The molecule has 4 nitrogen and oxygen atoms in total. The van der Waals surface area contributed by atoms with E-state index in [0.717, 1.165) is 12.7 Å². The summed E-state index contributed by atoms with van der Waals surface area (Å²) in [6.45, 7) is 0. The molecule has 17 heavy (non-hydrogen) atoms. The SMILES string of the molecule is COC(=O)C(C#N)C(=O)C=Cc1ccccc1. The van der Waals surface area contributed by atoms with Crippen LogP contribution in [0.15, 0.2) is 36.4 Å². The summed E-state index contributed by atoms with van der Waals surface area (Å²) in [6, 6.07) is 10.7. The normalized spacial score (nSPS) is 11.8. The zero-order valence-corrected chi connectivity index (χ0v) is 9.29. The maximum absolute atomic E-state index is 11.5. The fourth-order valence-electron chi connectivity index (χ4n) is 1.19. The predicted molar refractivity (Wildman–Crippen MR) is 61.6 cm³/mol. The topological polar surface area (TPSA) is 67.2 Å². The van der Waals surface area contributed by atoms with E-state index in [-0.39, 0.29) is 0 Å². The number of esters is 1. The summed E-state index contributed by atoms with van der Waals surface area (Å²) in [7, 11) is 1.14. The third kappa shape index (κ3) is 3.58. The Labute approximate surface area is 99.1 Å². The third-order valence-electron chi connectivity index (χ3n) is 2.09. The molecule has 4 heteroatoms. The molecule has 0 saturated heterocycles. The molecule has 0 aliphatic carbocycles.